The number of hydrogen-bond donors (Lipinski definition) is 0. The molecule has 3 aromatic rings. The van der Waals surface area contributed by atoms with Crippen LogP contribution >= 0.6 is 0 Å². The van der Waals surface area contributed by atoms with Gasteiger partial charge in [0.2, 0.25) is 0 Å². The van der Waals surface area contributed by atoms with Gasteiger partial charge in [-0.1, -0.05) is 42.5 Å². The number of fused-ring (bicyclic) bond motifs is 1. The van der Waals surface area contributed by atoms with Gasteiger partial charge >= 0.3 is 0 Å². The molecule has 0 N–H and O–H groups in total. The van der Waals surface area contributed by atoms with Crippen LogP contribution in [-0.4, -0.2) is 25.3 Å². The topological polar surface area (TPSA) is 48.0 Å². The van der Waals surface area contributed by atoms with E-state index in [1.807, 2.05) is 54.6 Å². The maximum absolute atomic E-state index is 13.7. The second-order valence-corrected chi connectivity index (χ2v) is 6.87. The molecule has 1 amide bonds. The Bertz CT molecular complexity index is 1060. The number of benzene rings is 3. The van der Waals surface area contributed by atoms with Crippen LogP contribution in [0.1, 0.15) is 11.6 Å². The minimum atomic E-state index is -1.13. The van der Waals surface area contributed by atoms with E-state index in [4.69, 9.17) is 14.2 Å². The Morgan fingerprint density at radius 3 is 2.66 bits per heavy atom. The summed E-state index contributed by atoms with van der Waals surface area (Å²) >= 11 is 0. The lowest BCUT2D eigenvalue weighted by Gasteiger charge is -2.44. The van der Waals surface area contributed by atoms with Crippen molar-refractivity contribution in [1.29, 1.82) is 0 Å². The Morgan fingerprint density at radius 2 is 1.83 bits per heavy atom. The molecule has 2 unspecified atom stereocenters. The molecule has 3 aromatic carbocycles. The molecule has 0 spiro atoms. The molecule has 0 fully saturated rings. The fraction of sp³-hybridized carbons (Fsp3) is 0.174. The molecule has 6 heteroatoms. The van der Waals surface area contributed by atoms with Crippen LogP contribution in [0.4, 0.5) is 10.1 Å². The molecule has 0 aliphatic carbocycles. The molecule has 0 radical (unpaired) electrons. The van der Waals surface area contributed by atoms with Crippen molar-refractivity contribution in [3.05, 3.63) is 78.4 Å². The number of halogens is 1. The predicted octanol–water partition coefficient (Wildman–Crippen LogP) is 4.68. The van der Waals surface area contributed by atoms with Crippen LogP contribution in [0.15, 0.2) is 72.8 Å². The molecule has 2 atom stereocenters. The van der Waals surface area contributed by atoms with E-state index in [0.717, 1.165) is 5.56 Å². The van der Waals surface area contributed by atoms with Crippen molar-refractivity contribution in [2.75, 3.05) is 18.2 Å². The fourth-order valence-electron chi connectivity index (χ4n) is 3.90. The van der Waals surface area contributed by atoms with Gasteiger partial charge in [0, 0.05) is 5.56 Å². The zero-order valence-electron chi connectivity index (χ0n) is 15.5. The van der Waals surface area contributed by atoms with Gasteiger partial charge in [-0.15, -0.1) is 0 Å². The molecule has 146 valence electrons. The summed E-state index contributed by atoms with van der Waals surface area (Å²) in [5.41, 5.74) is 1.29. The molecule has 0 saturated heterocycles. The third kappa shape index (κ3) is 2.97. The highest BCUT2D eigenvalue weighted by Gasteiger charge is 2.45. The van der Waals surface area contributed by atoms with E-state index in [-0.39, 0.29) is 0 Å². The lowest BCUT2D eigenvalue weighted by Crippen LogP contribution is -2.50. The van der Waals surface area contributed by atoms with E-state index in [2.05, 4.69) is 0 Å². The normalized spacial score (nSPS) is 18.5. The molecular weight excluding hydrogens is 373 g/mol. The van der Waals surface area contributed by atoms with Crippen LogP contribution < -0.4 is 19.1 Å². The minimum absolute atomic E-state index is 0.298. The Morgan fingerprint density at radius 1 is 1.03 bits per heavy atom. The zero-order chi connectivity index (χ0) is 19.8. The van der Waals surface area contributed by atoms with Crippen LogP contribution in [0.2, 0.25) is 0 Å². The van der Waals surface area contributed by atoms with Gasteiger partial charge in [0.1, 0.15) is 18.4 Å². The molecule has 0 saturated carbocycles. The largest absolute Gasteiger partial charge is 0.485 e. The van der Waals surface area contributed by atoms with Gasteiger partial charge in [-0.2, -0.15) is 0 Å². The molecule has 4 bridgehead atoms. The number of para-hydroxylation sites is 4. The highest BCUT2D eigenvalue weighted by Crippen LogP contribution is 2.50. The van der Waals surface area contributed by atoms with Gasteiger partial charge < -0.3 is 14.2 Å². The number of carbonyl (C=O) groups excluding carboxylic acids is 1. The Balaban J connectivity index is 1.61. The first-order chi connectivity index (χ1) is 14.3. The van der Waals surface area contributed by atoms with Gasteiger partial charge in [-0.05, 0) is 30.3 Å². The molecule has 0 aromatic heterocycles. The Hall–Kier alpha value is -3.54. The second kappa shape index (κ2) is 7.13. The summed E-state index contributed by atoms with van der Waals surface area (Å²) in [6.45, 7) is -0.828. The summed E-state index contributed by atoms with van der Waals surface area (Å²) in [4.78, 5) is 14.2. The zero-order valence-corrected chi connectivity index (χ0v) is 15.5. The van der Waals surface area contributed by atoms with E-state index in [0.29, 0.717) is 35.3 Å². The molecule has 3 heterocycles. The third-order valence-electron chi connectivity index (χ3n) is 5.11. The maximum Gasteiger partial charge on any atom is 0.259 e. The summed E-state index contributed by atoms with van der Waals surface area (Å²) < 4.78 is 31.4. The van der Waals surface area contributed by atoms with E-state index < -0.39 is 24.7 Å². The van der Waals surface area contributed by atoms with E-state index in [9.17, 15) is 9.18 Å². The number of hydrogen-bond acceptors (Lipinski definition) is 4. The monoisotopic (exact) mass is 391 g/mol. The first kappa shape index (κ1) is 17.6. The summed E-state index contributed by atoms with van der Waals surface area (Å²) in [6, 6.07) is 21.4. The molecular formula is C23H18FNO4. The van der Waals surface area contributed by atoms with Crippen molar-refractivity contribution in [1.82, 2.24) is 0 Å². The lowest BCUT2D eigenvalue weighted by molar-refractivity contribution is -0.120. The second-order valence-electron chi connectivity index (χ2n) is 6.87. The van der Waals surface area contributed by atoms with Gasteiger partial charge in [0.25, 0.3) is 5.91 Å². The minimum Gasteiger partial charge on any atom is -0.485 e. The highest BCUT2D eigenvalue weighted by molar-refractivity contribution is 5.97. The number of rotatable bonds is 5. The number of amides is 1. The number of anilines is 1. The Labute approximate surface area is 167 Å². The molecule has 3 aliphatic heterocycles. The molecule has 29 heavy (non-hydrogen) atoms. The predicted molar refractivity (Wildman–Crippen MR) is 106 cm³/mol. The van der Waals surface area contributed by atoms with Gasteiger partial charge in [0.05, 0.1) is 5.69 Å². The smallest absolute Gasteiger partial charge is 0.259 e. The quantitative estimate of drug-likeness (QED) is 0.634. The average Bonchev–Trinajstić information content (AvgIpc) is 2.77. The number of alkyl halides is 1. The molecule has 3 aliphatic rings. The number of ether oxygens (including phenoxy) is 3. The van der Waals surface area contributed by atoms with Crippen molar-refractivity contribution in [3.8, 4) is 23.0 Å². The van der Waals surface area contributed by atoms with Crippen LogP contribution in [0.3, 0.4) is 0 Å². The maximum atomic E-state index is 13.7. The van der Waals surface area contributed by atoms with Crippen LogP contribution in [-0.2, 0) is 4.79 Å². The standard InChI is InChI=1S/C23H18FNO4/c24-13-21(26)25(22-16-9-6-12-19-23(16)27-14-20(22)29-19)17-10-4-5-11-18(17)28-15-7-2-1-3-8-15/h1-12,20,22H,13-14H2. The van der Waals surface area contributed by atoms with Crippen molar-refractivity contribution in [2.45, 2.75) is 12.1 Å². The van der Waals surface area contributed by atoms with Gasteiger partial charge in [0.15, 0.2) is 30.0 Å². The van der Waals surface area contributed by atoms with Gasteiger partial charge in [-0.3, -0.25) is 9.69 Å². The lowest BCUT2D eigenvalue weighted by atomic mass is 9.92. The molecule has 6 rings (SSSR count). The van der Waals surface area contributed by atoms with Crippen molar-refractivity contribution >= 4 is 11.6 Å². The third-order valence-corrected chi connectivity index (χ3v) is 5.11. The summed E-state index contributed by atoms with van der Waals surface area (Å²) in [5.74, 6) is 1.69. The van der Waals surface area contributed by atoms with E-state index in [1.165, 1.54) is 4.90 Å². The summed E-state index contributed by atoms with van der Waals surface area (Å²) in [7, 11) is 0. The van der Waals surface area contributed by atoms with Gasteiger partial charge in [-0.25, -0.2) is 4.39 Å². The first-order valence-electron chi connectivity index (χ1n) is 9.38. The first-order valence-corrected chi connectivity index (χ1v) is 9.38. The SMILES string of the molecule is O=C(CF)N(c1ccccc1Oc1ccccc1)C1c2cccc3c2OCC1O3. The van der Waals surface area contributed by atoms with Crippen molar-refractivity contribution < 1.29 is 23.4 Å². The fourth-order valence-corrected chi connectivity index (χ4v) is 3.90. The van der Waals surface area contributed by atoms with Crippen molar-refractivity contribution in [2.24, 2.45) is 0 Å². The van der Waals surface area contributed by atoms with Crippen molar-refractivity contribution in [3.63, 3.8) is 0 Å². The van der Waals surface area contributed by atoms with Crippen LogP contribution in [0.25, 0.3) is 0 Å². The number of nitrogens with zero attached hydrogens (tertiary/aromatic N) is 1. The summed E-state index contributed by atoms with van der Waals surface area (Å²) in [6.07, 6.45) is -0.431. The summed E-state index contributed by atoms with van der Waals surface area (Å²) in [5, 5.41) is 0. The molecule has 5 nitrogen and oxygen atoms in total. The number of carbonyl (C=O) groups is 1. The van der Waals surface area contributed by atoms with Crippen LogP contribution in [0.5, 0.6) is 23.0 Å². The average molecular weight is 391 g/mol. The highest BCUT2D eigenvalue weighted by atomic mass is 19.1. The van der Waals surface area contributed by atoms with E-state index >= 15 is 0 Å². The van der Waals surface area contributed by atoms with Crippen LogP contribution in [0, 0.1) is 0 Å². The Kier molecular flexibility index (Phi) is 4.31. The van der Waals surface area contributed by atoms with E-state index in [1.54, 1.807) is 18.2 Å².